The fourth-order valence-corrected chi connectivity index (χ4v) is 0. The van der Waals surface area contributed by atoms with Crippen LogP contribution in [-0.2, 0) is 0 Å². The Bertz CT molecular complexity index is 41.3. The standard InChI is InChI=1S/C2H9B2NS/c3-2(4,6)1-5/h6H,1,3-5H2. The maximum Gasteiger partial charge on any atom is 0.113 e. The van der Waals surface area contributed by atoms with Gasteiger partial charge in [-0.25, -0.2) is 0 Å². The lowest BCUT2D eigenvalue weighted by atomic mass is 9.70. The molecule has 0 unspecified atom stereocenters. The summed E-state index contributed by atoms with van der Waals surface area (Å²) in [5.74, 6) is 0. The van der Waals surface area contributed by atoms with E-state index in [1.165, 1.54) is 0 Å². The van der Waals surface area contributed by atoms with E-state index in [-0.39, 0.29) is 4.55 Å². The molecule has 0 saturated carbocycles. The molecule has 34 valence electrons. The first-order valence-electron chi connectivity index (χ1n) is 1.99. The maximum absolute atomic E-state index is 5.23. The van der Waals surface area contributed by atoms with Crippen molar-refractivity contribution in [2.45, 2.75) is 4.55 Å². The molecule has 0 aromatic rings. The normalized spacial score (nSPS) is 11.7. The quantitative estimate of drug-likeness (QED) is 0.284. The Morgan fingerprint density at radius 2 is 1.83 bits per heavy atom. The third-order valence-corrected chi connectivity index (χ3v) is 0.682. The zero-order valence-electron chi connectivity index (χ0n) is 4.23. The predicted molar refractivity (Wildman–Crippen MR) is 37.9 cm³/mol. The molecule has 0 aliphatic carbocycles. The van der Waals surface area contributed by atoms with Crippen molar-refractivity contribution in [2.75, 3.05) is 6.54 Å². The van der Waals surface area contributed by atoms with Crippen LogP contribution in [0.3, 0.4) is 0 Å². The molecule has 0 bridgehead atoms. The molecule has 0 fully saturated rings. The molecular weight excluding hydrogens is 91.7 g/mol. The van der Waals surface area contributed by atoms with Gasteiger partial charge in [0.25, 0.3) is 0 Å². The van der Waals surface area contributed by atoms with Crippen molar-refractivity contribution in [3.8, 4) is 0 Å². The molecule has 0 atom stereocenters. The van der Waals surface area contributed by atoms with Crippen molar-refractivity contribution in [1.29, 1.82) is 0 Å². The molecule has 0 aliphatic rings. The molecule has 0 aromatic heterocycles. The molecule has 0 aromatic carbocycles. The Morgan fingerprint density at radius 3 is 1.83 bits per heavy atom. The van der Waals surface area contributed by atoms with Crippen LogP contribution >= 0.6 is 12.6 Å². The molecule has 0 heterocycles. The Kier molecular flexibility index (Phi) is 2.08. The molecule has 6 heavy (non-hydrogen) atoms. The van der Waals surface area contributed by atoms with E-state index in [4.69, 9.17) is 5.73 Å². The van der Waals surface area contributed by atoms with Crippen molar-refractivity contribution in [1.82, 2.24) is 0 Å². The first kappa shape index (κ1) is 6.44. The fraction of sp³-hybridized carbons (Fsp3) is 1.00. The molecule has 0 spiro atoms. The van der Waals surface area contributed by atoms with E-state index in [0.717, 1.165) is 0 Å². The summed E-state index contributed by atoms with van der Waals surface area (Å²) in [6.45, 7) is 0.635. The van der Waals surface area contributed by atoms with Crippen LogP contribution in [0.15, 0.2) is 0 Å². The molecule has 1 nitrogen and oxygen atoms in total. The van der Waals surface area contributed by atoms with Crippen LogP contribution in [0, 0.1) is 0 Å². The van der Waals surface area contributed by atoms with Gasteiger partial charge in [-0.15, -0.1) is 0 Å². The Balaban J connectivity index is 3.17. The molecule has 0 aliphatic heterocycles. The lowest BCUT2D eigenvalue weighted by Gasteiger charge is -2.11. The summed E-state index contributed by atoms with van der Waals surface area (Å²) < 4.78 is 0.0139. The smallest absolute Gasteiger partial charge is 0.113 e. The zero-order chi connectivity index (χ0) is 5.21. The van der Waals surface area contributed by atoms with Crippen LogP contribution in [0.25, 0.3) is 0 Å². The second kappa shape index (κ2) is 1.94. The average molecular weight is 101 g/mol. The third-order valence-electron chi connectivity index (χ3n) is 0.500. The molecule has 0 amide bonds. The van der Waals surface area contributed by atoms with Gasteiger partial charge in [0.2, 0.25) is 0 Å². The number of nitrogens with two attached hydrogens (primary N) is 1. The van der Waals surface area contributed by atoms with Crippen LogP contribution in [0.1, 0.15) is 0 Å². The van der Waals surface area contributed by atoms with E-state index < -0.39 is 0 Å². The number of hydrogen-bond acceptors (Lipinski definition) is 2. The topological polar surface area (TPSA) is 26.0 Å². The van der Waals surface area contributed by atoms with E-state index in [9.17, 15) is 0 Å². The van der Waals surface area contributed by atoms with Crippen molar-refractivity contribution >= 4 is 28.3 Å². The second-order valence-electron chi connectivity index (χ2n) is 2.02. The van der Waals surface area contributed by atoms with E-state index in [1.54, 1.807) is 0 Å². The minimum Gasteiger partial charge on any atom is -0.331 e. The fourth-order valence-electron chi connectivity index (χ4n) is 0. The Hall–Kier alpha value is 0.440. The van der Waals surface area contributed by atoms with Gasteiger partial charge in [0.1, 0.15) is 15.7 Å². The van der Waals surface area contributed by atoms with Crippen molar-refractivity contribution in [3.63, 3.8) is 0 Å². The number of thiol groups is 1. The molecule has 2 N–H and O–H groups in total. The highest BCUT2D eigenvalue weighted by atomic mass is 32.1. The van der Waals surface area contributed by atoms with Crippen molar-refractivity contribution in [3.05, 3.63) is 0 Å². The van der Waals surface area contributed by atoms with Gasteiger partial charge in [0.15, 0.2) is 0 Å². The van der Waals surface area contributed by atoms with Gasteiger partial charge in [-0.05, 0) is 11.1 Å². The largest absolute Gasteiger partial charge is 0.331 e. The molecule has 4 heteroatoms. The minimum atomic E-state index is 0.0139. The van der Waals surface area contributed by atoms with Crippen molar-refractivity contribution in [2.24, 2.45) is 5.73 Å². The van der Waals surface area contributed by atoms with Crippen LogP contribution in [0.4, 0.5) is 0 Å². The minimum absolute atomic E-state index is 0.0139. The van der Waals surface area contributed by atoms with Crippen LogP contribution < -0.4 is 5.73 Å². The third kappa shape index (κ3) is 4.44. The number of rotatable bonds is 1. The predicted octanol–water partition coefficient (Wildman–Crippen LogP) is -2.21. The molecule has 0 rings (SSSR count). The van der Waals surface area contributed by atoms with Crippen LogP contribution in [0.2, 0.25) is 0 Å². The van der Waals surface area contributed by atoms with E-state index in [0.29, 0.717) is 6.54 Å². The Labute approximate surface area is 45.9 Å². The monoisotopic (exact) mass is 101 g/mol. The lowest BCUT2D eigenvalue weighted by Crippen LogP contribution is -2.32. The second-order valence-corrected chi connectivity index (χ2v) is 3.23. The summed E-state index contributed by atoms with van der Waals surface area (Å²) >= 11 is 4.13. The molecule has 0 radical (unpaired) electrons. The summed E-state index contributed by atoms with van der Waals surface area (Å²) in [7, 11) is 3.96. The van der Waals surface area contributed by atoms with Gasteiger partial charge < -0.3 is 5.73 Å². The van der Waals surface area contributed by atoms with Crippen molar-refractivity contribution < 1.29 is 0 Å². The van der Waals surface area contributed by atoms with E-state index in [1.807, 2.05) is 15.7 Å². The molecular formula is C2H9B2NS. The highest BCUT2D eigenvalue weighted by molar-refractivity contribution is 7.84. The van der Waals surface area contributed by atoms with Gasteiger partial charge in [-0.3, -0.25) is 0 Å². The number of hydrogen-bond donors (Lipinski definition) is 2. The van der Waals surface area contributed by atoms with Gasteiger partial charge in [-0.2, -0.15) is 12.6 Å². The summed E-state index contributed by atoms with van der Waals surface area (Å²) in [5, 5.41) is 0. The SMILES string of the molecule is BC(B)(S)CN. The van der Waals surface area contributed by atoms with E-state index >= 15 is 0 Å². The Morgan fingerprint density at radius 1 is 1.67 bits per heavy atom. The zero-order valence-corrected chi connectivity index (χ0v) is 5.13. The first-order valence-corrected chi connectivity index (χ1v) is 2.43. The summed E-state index contributed by atoms with van der Waals surface area (Å²) in [4.78, 5) is 0. The van der Waals surface area contributed by atoms with Gasteiger partial charge >= 0.3 is 0 Å². The maximum atomic E-state index is 5.23. The average Bonchev–Trinajstić information content (AvgIpc) is 1.35. The van der Waals surface area contributed by atoms with E-state index in [2.05, 4.69) is 12.6 Å². The highest BCUT2D eigenvalue weighted by Gasteiger charge is 2.06. The summed E-state index contributed by atoms with van der Waals surface area (Å²) in [6.07, 6.45) is 0. The van der Waals surface area contributed by atoms with Crippen LogP contribution in [0.5, 0.6) is 0 Å². The molecule has 0 saturated heterocycles. The lowest BCUT2D eigenvalue weighted by molar-refractivity contribution is 1.04. The van der Waals surface area contributed by atoms with Gasteiger partial charge in [0.05, 0.1) is 0 Å². The van der Waals surface area contributed by atoms with Crippen LogP contribution in [-0.4, -0.2) is 26.8 Å². The van der Waals surface area contributed by atoms with Gasteiger partial charge in [-0.1, -0.05) is 0 Å². The summed E-state index contributed by atoms with van der Waals surface area (Å²) in [5.41, 5.74) is 5.23. The van der Waals surface area contributed by atoms with Gasteiger partial charge in [0, 0.05) is 0 Å². The first-order chi connectivity index (χ1) is 2.56. The highest BCUT2D eigenvalue weighted by Crippen LogP contribution is 1.96. The summed E-state index contributed by atoms with van der Waals surface area (Å²) in [6, 6.07) is 0.